The highest BCUT2D eigenvalue weighted by molar-refractivity contribution is 5.66. The quantitative estimate of drug-likeness (QED) is 0.253. The van der Waals surface area contributed by atoms with E-state index < -0.39 is 12.1 Å². The van der Waals surface area contributed by atoms with Crippen LogP contribution in [0.25, 0.3) is 0 Å². The number of carboxylic acids is 1. The number of hydrogen-bond donors (Lipinski definition) is 3. The molecule has 2 atom stereocenters. The summed E-state index contributed by atoms with van der Waals surface area (Å²) in [7, 11) is 0. The van der Waals surface area contributed by atoms with Crippen molar-refractivity contribution in [2.75, 3.05) is 0 Å². The van der Waals surface area contributed by atoms with E-state index in [4.69, 9.17) is 5.11 Å². The maximum atomic E-state index is 10.3. The first-order valence-electron chi connectivity index (χ1n) is 8.80. The van der Waals surface area contributed by atoms with E-state index in [-0.39, 0.29) is 12.5 Å². The van der Waals surface area contributed by atoms with Gasteiger partial charge in [0.1, 0.15) is 0 Å². The predicted octanol–water partition coefficient (Wildman–Crippen LogP) is 4.16. The third-order valence-corrected chi connectivity index (χ3v) is 3.41. The maximum Gasteiger partial charge on any atom is 0.303 e. The Balaban J connectivity index is 3.80. The summed E-state index contributed by atoms with van der Waals surface area (Å²) >= 11 is 0. The number of allylic oxidation sites excluding steroid dienone is 5. The SMILES string of the molecule is CCCCCC(O)/C=C/C=C/C=C/C(O)C/C=C\CCCC(=O)O. The molecule has 0 aromatic carbocycles. The van der Waals surface area contributed by atoms with Crippen LogP contribution in [-0.2, 0) is 4.79 Å². The van der Waals surface area contributed by atoms with Gasteiger partial charge in [0.05, 0.1) is 12.2 Å². The normalized spacial score (nSPS) is 15.1. The number of aliphatic hydroxyl groups excluding tert-OH is 2. The van der Waals surface area contributed by atoms with E-state index >= 15 is 0 Å². The number of hydrogen-bond acceptors (Lipinski definition) is 3. The smallest absolute Gasteiger partial charge is 0.303 e. The van der Waals surface area contributed by atoms with Crippen LogP contribution in [-0.4, -0.2) is 33.5 Å². The standard InChI is InChI=1S/C20H32O4/c1-2-3-8-13-18(21)14-9-4-5-10-15-19(22)16-11-6-7-12-17-20(23)24/h4-6,9-11,14-15,18-19,21-22H,2-3,7-8,12-13,16-17H2,1H3,(H,23,24)/b5-4+,11-6-,14-9+,15-10+. The molecular weight excluding hydrogens is 304 g/mol. The Bertz CT molecular complexity index is 421. The maximum absolute atomic E-state index is 10.3. The summed E-state index contributed by atoms with van der Waals surface area (Å²) in [4.78, 5) is 10.3. The van der Waals surface area contributed by atoms with Gasteiger partial charge in [-0.2, -0.15) is 0 Å². The van der Waals surface area contributed by atoms with Gasteiger partial charge in [-0.15, -0.1) is 0 Å². The van der Waals surface area contributed by atoms with Crippen molar-refractivity contribution in [3.63, 3.8) is 0 Å². The van der Waals surface area contributed by atoms with Gasteiger partial charge in [-0.3, -0.25) is 4.79 Å². The molecule has 0 spiro atoms. The minimum absolute atomic E-state index is 0.179. The van der Waals surface area contributed by atoms with Crippen molar-refractivity contribution in [3.8, 4) is 0 Å². The third-order valence-electron chi connectivity index (χ3n) is 3.41. The van der Waals surface area contributed by atoms with E-state index in [1.807, 2.05) is 30.4 Å². The number of carboxylic acid groups (broad SMARTS) is 1. The van der Waals surface area contributed by atoms with Crippen molar-refractivity contribution in [3.05, 3.63) is 48.6 Å². The molecule has 2 unspecified atom stereocenters. The van der Waals surface area contributed by atoms with Crippen LogP contribution in [0.15, 0.2) is 48.6 Å². The highest BCUT2D eigenvalue weighted by atomic mass is 16.4. The Hall–Kier alpha value is -1.65. The van der Waals surface area contributed by atoms with E-state index in [1.54, 1.807) is 18.2 Å². The Morgan fingerprint density at radius 3 is 2.21 bits per heavy atom. The summed E-state index contributed by atoms with van der Waals surface area (Å²) < 4.78 is 0. The van der Waals surface area contributed by atoms with E-state index in [1.165, 1.54) is 0 Å². The minimum Gasteiger partial charge on any atom is -0.481 e. The molecule has 0 amide bonds. The van der Waals surface area contributed by atoms with Gasteiger partial charge in [0, 0.05) is 6.42 Å². The second kappa shape index (κ2) is 16.2. The van der Waals surface area contributed by atoms with Gasteiger partial charge in [-0.05, 0) is 25.7 Å². The molecule has 0 saturated carbocycles. The molecule has 24 heavy (non-hydrogen) atoms. The van der Waals surface area contributed by atoms with Gasteiger partial charge >= 0.3 is 5.97 Å². The zero-order valence-electron chi connectivity index (χ0n) is 14.7. The summed E-state index contributed by atoms with van der Waals surface area (Å²) in [6, 6.07) is 0. The number of aliphatic hydroxyl groups is 2. The summed E-state index contributed by atoms with van der Waals surface area (Å²) in [6.07, 6.45) is 19.7. The highest BCUT2D eigenvalue weighted by Crippen LogP contribution is 2.04. The molecule has 136 valence electrons. The van der Waals surface area contributed by atoms with Crippen LogP contribution in [0.1, 0.15) is 58.3 Å². The molecule has 0 aromatic rings. The molecule has 0 radical (unpaired) electrons. The molecule has 0 fully saturated rings. The first-order valence-corrected chi connectivity index (χ1v) is 8.80. The Labute approximate surface area is 145 Å². The van der Waals surface area contributed by atoms with Crippen LogP contribution < -0.4 is 0 Å². The van der Waals surface area contributed by atoms with Crippen molar-refractivity contribution in [1.82, 2.24) is 0 Å². The zero-order chi connectivity index (χ0) is 18.0. The molecular formula is C20H32O4. The molecule has 3 N–H and O–H groups in total. The average Bonchev–Trinajstić information content (AvgIpc) is 2.54. The molecule has 0 aliphatic heterocycles. The molecule has 0 aromatic heterocycles. The second-order valence-corrected chi connectivity index (χ2v) is 5.78. The van der Waals surface area contributed by atoms with Crippen LogP contribution in [0.4, 0.5) is 0 Å². The highest BCUT2D eigenvalue weighted by Gasteiger charge is 1.97. The van der Waals surface area contributed by atoms with Crippen molar-refractivity contribution < 1.29 is 20.1 Å². The number of aliphatic carboxylic acids is 1. The van der Waals surface area contributed by atoms with Crippen LogP contribution in [0.5, 0.6) is 0 Å². The van der Waals surface area contributed by atoms with Gasteiger partial charge in [0.2, 0.25) is 0 Å². The van der Waals surface area contributed by atoms with Gasteiger partial charge in [-0.1, -0.05) is 74.8 Å². The van der Waals surface area contributed by atoms with Gasteiger partial charge < -0.3 is 15.3 Å². The molecule has 0 rings (SSSR count). The molecule has 0 bridgehead atoms. The average molecular weight is 336 g/mol. The van der Waals surface area contributed by atoms with Crippen LogP contribution in [0.3, 0.4) is 0 Å². The van der Waals surface area contributed by atoms with Crippen molar-refractivity contribution in [2.24, 2.45) is 0 Å². The molecule has 0 saturated heterocycles. The second-order valence-electron chi connectivity index (χ2n) is 5.78. The fraction of sp³-hybridized carbons (Fsp3) is 0.550. The van der Waals surface area contributed by atoms with Crippen molar-refractivity contribution in [1.29, 1.82) is 0 Å². The lowest BCUT2D eigenvalue weighted by Crippen LogP contribution is -2.00. The Morgan fingerprint density at radius 1 is 0.917 bits per heavy atom. The number of carbonyl (C=O) groups is 1. The summed E-state index contributed by atoms with van der Waals surface area (Å²) in [5.74, 6) is -0.777. The monoisotopic (exact) mass is 336 g/mol. The number of rotatable bonds is 14. The lowest BCUT2D eigenvalue weighted by molar-refractivity contribution is -0.137. The minimum atomic E-state index is -0.777. The summed E-state index contributed by atoms with van der Waals surface area (Å²) in [5.41, 5.74) is 0. The lowest BCUT2D eigenvalue weighted by atomic mass is 10.1. The van der Waals surface area contributed by atoms with Crippen LogP contribution >= 0.6 is 0 Å². The van der Waals surface area contributed by atoms with Crippen molar-refractivity contribution >= 4 is 5.97 Å². The van der Waals surface area contributed by atoms with E-state index in [2.05, 4.69) is 6.92 Å². The van der Waals surface area contributed by atoms with Crippen LogP contribution in [0.2, 0.25) is 0 Å². The van der Waals surface area contributed by atoms with Gasteiger partial charge in [0.15, 0.2) is 0 Å². The topological polar surface area (TPSA) is 77.8 Å². The fourth-order valence-electron chi connectivity index (χ4n) is 2.02. The molecule has 4 nitrogen and oxygen atoms in total. The zero-order valence-corrected chi connectivity index (χ0v) is 14.7. The first kappa shape index (κ1) is 22.4. The van der Waals surface area contributed by atoms with E-state index in [0.717, 1.165) is 25.7 Å². The lowest BCUT2D eigenvalue weighted by Gasteiger charge is -2.02. The molecule has 0 aliphatic carbocycles. The fourth-order valence-corrected chi connectivity index (χ4v) is 2.02. The Morgan fingerprint density at radius 2 is 1.58 bits per heavy atom. The molecule has 0 heterocycles. The Kier molecular flexibility index (Phi) is 15.1. The number of unbranched alkanes of at least 4 members (excludes halogenated alkanes) is 3. The van der Waals surface area contributed by atoms with E-state index in [0.29, 0.717) is 19.3 Å². The first-order chi connectivity index (χ1) is 11.6. The summed E-state index contributed by atoms with van der Waals surface area (Å²) in [5, 5.41) is 27.9. The summed E-state index contributed by atoms with van der Waals surface area (Å²) in [6.45, 7) is 2.14. The third kappa shape index (κ3) is 16.7. The predicted molar refractivity (Wildman–Crippen MR) is 98.8 cm³/mol. The largest absolute Gasteiger partial charge is 0.481 e. The van der Waals surface area contributed by atoms with Gasteiger partial charge in [0.25, 0.3) is 0 Å². The van der Waals surface area contributed by atoms with Gasteiger partial charge in [-0.25, -0.2) is 0 Å². The van der Waals surface area contributed by atoms with Crippen molar-refractivity contribution in [2.45, 2.75) is 70.5 Å². The molecule has 0 aliphatic rings. The molecule has 4 heteroatoms. The van der Waals surface area contributed by atoms with Crippen LogP contribution in [0, 0.1) is 0 Å². The van der Waals surface area contributed by atoms with E-state index in [9.17, 15) is 15.0 Å².